The molecule has 1 aromatic heterocycles. The van der Waals surface area contributed by atoms with E-state index in [4.69, 9.17) is 4.74 Å². The second-order valence-electron chi connectivity index (χ2n) is 6.72. The number of likely N-dealkylation sites (tertiary alicyclic amines) is 1. The second kappa shape index (κ2) is 8.27. The van der Waals surface area contributed by atoms with Gasteiger partial charge in [-0.05, 0) is 62.7 Å². The van der Waals surface area contributed by atoms with E-state index in [-0.39, 0.29) is 17.6 Å². The van der Waals surface area contributed by atoms with Gasteiger partial charge < -0.3 is 10.1 Å². The normalized spacial score (nSPS) is 15.7. The number of hydrogen-bond acceptors (Lipinski definition) is 4. The number of hydrogen-bond donors (Lipinski definition) is 1. The lowest BCUT2D eigenvalue weighted by molar-refractivity contribution is -0.121. The second-order valence-corrected chi connectivity index (χ2v) is 6.72. The first-order chi connectivity index (χ1) is 12.5. The molecule has 1 aliphatic rings. The number of anilines is 1. The lowest BCUT2D eigenvalue weighted by atomic mass is 9.95. The molecule has 0 atom stereocenters. The fraction of sp³-hybridized carbons (Fsp3) is 0.400. The number of carbonyl (C=O) groups excluding carboxylic acids is 1. The molecule has 138 valence electrons. The number of piperidine rings is 1. The molecule has 0 unspecified atom stereocenters. The Balaban J connectivity index is 1.53. The molecule has 2 heterocycles. The number of ether oxygens (including phenoxy) is 1. The average molecular weight is 357 g/mol. The Bertz CT molecular complexity index is 756. The molecule has 0 bridgehead atoms. The molecule has 6 heteroatoms. The number of aromatic nitrogens is 1. The number of nitrogens with one attached hydrogen (secondary N) is 1. The highest BCUT2D eigenvalue weighted by atomic mass is 19.1. The third-order valence-corrected chi connectivity index (χ3v) is 4.76. The Labute approximate surface area is 153 Å². The molecule has 0 spiro atoms. The summed E-state index contributed by atoms with van der Waals surface area (Å²) < 4.78 is 18.8. The fourth-order valence-electron chi connectivity index (χ4n) is 3.23. The molecule has 1 N–H and O–H groups in total. The third kappa shape index (κ3) is 4.58. The van der Waals surface area contributed by atoms with E-state index in [0.29, 0.717) is 18.1 Å². The Morgan fingerprint density at radius 3 is 2.73 bits per heavy atom. The zero-order valence-electron chi connectivity index (χ0n) is 15.2. The van der Waals surface area contributed by atoms with Gasteiger partial charge in [-0.3, -0.25) is 9.69 Å². The SMILES string of the molecule is COc1ccc(F)cc1CN1CCC(C(=O)Nc2ccc(C)cn2)CC1. The van der Waals surface area contributed by atoms with E-state index in [1.807, 2.05) is 19.1 Å². The quantitative estimate of drug-likeness (QED) is 0.891. The van der Waals surface area contributed by atoms with Gasteiger partial charge in [0.15, 0.2) is 0 Å². The number of halogens is 1. The molecule has 0 radical (unpaired) electrons. The average Bonchev–Trinajstić information content (AvgIpc) is 2.64. The standard InChI is InChI=1S/C20H24FN3O2/c1-14-3-6-19(22-12-14)23-20(25)15-7-9-24(10-8-15)13-16-11-17(21)4-5-18(16)26-2/h3-6,11-12,15H,7-10,13H2,1-2H3,(H,22,23,25). The van der Waals surface area contributed by atoms with Crippen LogP contribution in [0.1, 0.15) is 24.0 Å². The van der Waals surface area contributed by atoms with E-state index in [0.717, 1.165) is 37.1 Å². The minimum absolute atomic E-state index is 0.0179. The predicted octanol–water partition coefficient (Wildman–Crippen LogP) is 3.39. The molecule has 3 rings (SSSR count). The summed E-state index contributed by atoms with van der Waals surface area (Å²) in [5, 5.41) is 2.89. The number of pyridine rings is 1. The maximum absolute atomic E-state index is 13.5. The van der Waals surface area contributed by atoms with Gasteiger partial charge in [0.25, 0.3) is 0 Å². The highest BCUT2D eigenvalue weighted by Crippen LogP contribution is 2.25. The van der Waals surface area contributed by atoms with Gasteiger partial charge in [-0.2, -0.15) is 0 Å². The van der Waals surface area contributed by atoms with Crippen LogP contribution in [0.4, 0.5) is 10.2 Å². The predicted molar refractivity (Wildman–Crippen MR) is 98.6 cm³/mol. The highest BCUT2D eigenvalue weighted by molar-refractivity contribution is 5.91. The zero-order valence-corrected chi connectivity index (χ0v) is 15.2. The molecule has 1 amide bonds. The van der Waals surface area contributed by atoms with Gasteiger partial charge in [-0.25, -0.2) is 9.37 Å². The van der Waals surface area contributed by atoms with E-state index >= 15 is 0 Å². The van der Waals surface area contributed by atoms with Gasteiger partial charge >= 0.3 is 0 Å². The molecule has 1 aromatic carbocycles. The molecular formula is C20H24FN3O2. The number of methoxy groups -OCH3 is 1. The van der Waals surface area contributed by atoms with Gasteiger partial charge in [-0.15, -0.1) is 0 Å². The number of rotatable bonds is 5. The molecule has 26 heavy (non-hydrogen) atoms. The van der Waals surface area contributed by atoms with Gasteiger partial charge in [0, 0.05) is 24.2 Å². The van der Waals surface area contributed by atoms with Crippen molar-refractivity contribution >= 4 is 11.7 Å². The summed E-state index contributed by atoms with van der Waals surface area (Å²) in [6.07, 6.45) is 3.29. The van der Waals surface area contributed by atoms with Crippen LogP contribution < -0.4 is 10.1 Å². The van der Waals surface area contributed by atoms with Crippen molar-refractivity contribution in [2.24, 2.45) is 5.92 Å². The molecule has 0 aliphatic carbocycles. The summed E-state index contributed by atoms with van der Waals surface area (Å²) in [6, 6.07) is 8.31. The summed E-state index contributed by atoms with van der Waals surface area (Å²) in [5.41, 5.74) is 1.89. The van der Waals surface area contributed by atoms with Gasteiger partial charge in [-0.1, -0.05) is 6.07 Å². The lowest BCUT2D eigenvalue weighted by Gasteiger charge is -2.31. The Kier molecular flexibility index (Phi) is 5.83. The summed E-state index contributed by atoms with van der Waals surface area (Å²) in [6.45, 7) is 4.16. The van der Waals surface area contributed by atoms with E-state index < -0.39 is 0 Å². The minimum atomic E-state index is -0.263. The maximum Gasteiger partial charge on any atom is 0.228 e. The van der Waals surface area contributed by atoms with Crippen LogP contribution in [0.3, 0.4) is 0 Å². The Morgan fingerprint density at radius 1 is 1.31 bits per heavy atom. The summed E-state index contributed by atoms with van der Waals surface area (Å²) >= 11 is 0. The summed E-state index contributed by atoms with van der Waals surface area (Å²) in [7, 11) is 1.59. The van der Waals surface area contributed by atoms with Crippen molar-refractivity contribution in [2.75, 3.05) is 25.5 Å². The zero-order chi connectivity index (χ0) is 18.5. The van der Waals surface area contributed by atoms with Gasteiger partial charge in [0.2, 0.25) is 5.91 Å². The third-order valence-electron chi connectivity index (χ3n) is 4.76. The fourth-order valence-corrected chi connectivity index (χ4v) is 3.23. The monoisotopic (exact) mass is 357 g/mol. The van der Waals surface area contributed by atoms with Gasteiger partial charge in [0.1, 0.15) is 17.4 Å². The largest absolute Gasteiger partial charge is 0.496 e. The summed E-state index contributed by atoms with van der Waals surface area (Å²) in [4.78, 5) is 18.9. The number of nitrogens with zero attached hydrogens (tertiary/aromatic N) is 2. The van der Waals surface area contributed by atoms with E-state index in [9.17, 15) is 9.18 Å². The van der Waals surface area contributed by atoms with E-state index in [2.05, 4.69) is 15.2 Å². The van der Waals surface area contributed by atoms with Crippen LogP contribution in [0.2, 0.25) is 0 Å². The van der Waals surface area contributed by atoms with Gasteiger partial charge in [0.05, 0.1) is 7.11 Å². The molecule has 1 fully saturated rings. The highest BCUT2D eigenvalue weighted by Gasteiger charge is 2.25. The molecule has 5 nitrogen and oxygen atoms in total. The van der Waals surface area contributed by atoms with E-state index in [1.165, 1.54) is 12.1 Å². The molecule has 1 aliphatic heterocycles. The van der Waals surface area contributed by atoms with Crippen molar-refractivity contribution in [1.82, 2.24) is 9.88 Å². The Morgan fingerprint density at radius 2 is 2.08 bits per heavy atom. The maximum atomic E-state index is 13.5. The molecular weight excluding hydrogens is 333 g/mol. The van der Waals surface area contributed by atoms with Crippen molar-refractivity contribution in [2.45, 2.75) is 26.3 Å². The van der Waals surface area contributed by atoms with Crippen LogP contribution in [-0.2, 0) is 11.3 Å². The molecule has 2 aromatic rings. The van der Waals surface area contributed by atoms with Crippen molar-refractivity contribution in [3.05, 3.63) is 53.5 Å². The van der Waals surface area contributed by atoms with Crippen LogP contribution in [-0.4, -0.2) is 36.0 Å². The molecule has 0 saturated carbocycles. The number of amides is 1. The van der Waals surface area contributed by atoms with Crippen LogP contribution >= 0.6 is 0 Å². The number of aryl methyl sites for hydroxylation is 1. The molecule has 1 saturated heterocycles. The number of carbonyl (C=O) groups is 1. The first-order valence-corrected chi connectivity index (χ1v) is 8.83. The van der Waals surface area contributed by atoms with Crippen molar-refractivity contribution < 1.29 is 13.9 Å². The van der Waals surface area contributed by atoms with Crippen LogP contribution in [0.25, 0.3) is 0 Å². The Hall–Kier alpha value is -2.47. The van der Waals surface area contributed by atoms with Crippen molar-refractivity contribution in [3.8, 4) is 5.75 Å². The number of benzene rings is 1. The summed E-state index contributed by atoms with van der Waals surface area (Å²) in [5.74, 6) is 1.01. The first kappa shape index (κ1) is 18.3. The van der Waals surface area contributed by atoms with Crippen molar-refractivity contribution in [3.63, 3.8) is 0 Å². The van der Waals surface area contributed by atoms with Crippen LogP contribution in [0.5, 0.6) is 5.75 Å². The topological polar surface area (TPSA) is 54.5 Å². The van der Waals surface area contributed by atoms with Crippen molar-refractivity contribution in [1.29, 1.82) is 0 Å². The van der Waals surface area contributed by atoms with Crippen LogP contribution in [0, 0.1) is 18.7 Å². The van der Waals surface area contributed by atoms with Crippen LogP contribution in [0.15, 0.2) is 36.5 Å². The minimum Gasteiger partial charge on any atom is -0.496 e. The van der Waals surface area contributed by atoms with E-state index in [1.54, 1.807) is 19.4 Å². The smallest absolute Gasteiger partial charge is 0.228 e. The first-order valence-electron chi connectivity index (χ1n) is 8.83. The lowest BCUT2D eigenvalue weighted by Crippen LogP contribution is -2.37.